The van der Waals surface area contributed by atoms with Crippen LogP contribution in [0.2, 0.25) is 0 Å². The molecule has 2 aromatic rings. The number of amides is 2. The Morgan fingerprint density at radius 2 is 1.58 bits per heavy atom. The third-order valence-electron chi connectivity index (χ3n) is 5.54. The first kappa shape index (κ1) is 21.2. The van der Waals surface area contributed by atoms with Crippen molar-refractivity contribution in [3.05, 3.63) is 70.7 Å². The summed E-state index contributed by atoms with van der Waals surface area (Å²) in [6, 6.07) is 11.5. The van der Waals surface area contributed by atoms with Crippen LogP contribution in [-0.2, 0) is 14.3 Å². The number of ether oxygens (including phenoxy) is 1. The third kappa shape index (κ3) is 4.68. The Labute approximate surface area is 181 Å². The summed E-state index contributed by atoms with van der Waals surface area (Å²) in [5.41, 5.74) is 3.85. The Morgan fingerprint density at radius 1 is 0.935 bits per heavy atom. The summed E-state index contributed by atoms with van der Waals surface area (Å²) in [5, 5.41) is 3.17. The number of nitrogens with zero attached hydrogens (tertiary/aromatic N) is 2. The average molecular weight is 423 g/mol. The molecule has 0 unspecified atom stereocenters. The fourth-order valence-electron chi connectivity index (χ4n) is 4.04. The van der Waals surface area contributed by atoms with E-state index < -0.39 is 5.82 Å². The highest BCUT2D eigenvalue weighted by molar-refractivity contribution is 6.36. The number of aryl methyl sites for hydroxylation is 2. The lowest BCUT2D eigenvalue weighted by atomic mass is 10.0. The molecule has 0 aliphatic carbocycles. The van der Waals surface area contributed by atoms with E-state index in [0.717, 1.165) is 29.9 Å². The molecule has 2 aromatic carbocycles. The van der Waals surface area contributed by atoms with E-state index >= 15 is 0 Å². The Morgan fingerprint density at radius 3 is 2.23 bits per heavy atom. The lowest BCUT2D eigenvalue weighted by Gasteiger charge is -2.28. The second kappa shape index (κ2) is 8.99. The molecular formula is C24H26FN3O3. The second-order valence-electron chi connectivity index (χ2n) is 7.97. The smallest absolute Gasteiger partial charge is 0.278 e. The van der Waals surface area contributed by atoms with Gasteiger partial charge in [-0.2, -0.15) is 0 Å². The number of hydrogen-bond donors (Lipinski definition) is 1. The molecule has 2 aliphatic heterocycles. The van der Waals surface area contributed by atoms with E-state index in [1.54, 1.807) is 0 Å². The van der Waals surface area contributed by atoms with Crippen molar-refractivity contribution in [1.29, 1.82) is 0 Å². The maximum atomic E-state index is 13.5. The van der Waals surface area contributed by atoms with Crippen molar-refractivity contribution in [2.45, 2.75) is 13.8 Å². The summed E-state index contributed by atoms with van der Waals surface area (Å²) in [5.74, 6) is -1.12. The van der Waals surface area contributed by atoms with Gasteiger partial charge in [-0.15, -0.1) is 0 Å². The summed E-state index contributed by atoms with van der Waals surface area (Å²) >= 11 is 0. The minimum atomic E-state index is -0.394. The minimum Gasteiger partial charge on any atom is -0.379 e. The zero-order chi connectivity index (χ0) is 22.0. The van der Waals surface area contributed by atoms with E-state index in [1.165, 1.54) is 29.2 Å². The first-order chi connectivity index (χ1) is 14.9. The molecule has 4 rings (SSSR count). The van der Waals surface area contributed by atoms with Gasteiger partial charge in [-0.05, 0) is 54.8 Å². The predicted molar refractivity (Wildman–Crippen MR) is 117 cm³/mol. The lowest BCUT2D eigenvalue weighted by Crippen LogP contribution is -2.43. The quantitative estimate of drug-likeness (QED) is 0.724. The zero-order valence-corrected chi connectivity index (χ0v) is 17.8. The number of halogens is 1. The van der Waals surface area contributed by atoms with Crippen LogP contribution >= 0.6 is 0 Å². The predicted octanol–water partition coefficient (Wildman–Crippen LogP) is 2.97. The fraction of sp³-hybridized carbons (Fsp3) is 0.333. The Bertz CT molecular complexity index is 1010. The molecule has 6 nitrogen and oxygen atoms in total. The van der Waals surface area contributed by atoms with Crippen molar-refractivity contribution >= 4 is 23.1 Å². The molecule has 2 heterocycles. The molecule has 162 valence electrons. The molecule has 0 saturated carbocycles. The number of rotatable bonds is 6. The molecule has 2 amide bonds. The number of carbonyl (C=O) groups excluding carboxylic acids is 2. The van der Waals surface area contributed by atoms with Crippen molar-refractivity contribution in [3.63, 3.8) is 0 Å². The average Bonchev–Trinajstić information content (AvgIpc) is 2.96. The van der Waals surface area contributed by atoms with Gasteiger partial charge in [0.2, 0.25) is 0 Å². The van der Waals surface area contributed by atoms with E-state index in [4.69, 9.17) is 4.74 Å². The van der Waals surface area contributed by atoms with Gasteiger partial charge in [0.15, 0.2) is 0 Å². The van der Waals surface area contributed by atoms with Crippen LogP contribution in [0.3, 0.4) is 0 Å². The van der Waals surface area contributed by atoms with Gasteiger partial charge in [0.05, 0.1) is 18.8 Å². The van der Waals surface area contributed by atoms with Gasteiger partial charge in [-0.25, -0.2) is 4.39 Å². The molecule has 7 heteroatoms. The van der Waals surface area contributed by atoms with Crippen molar-refractivity contribution < 1.29 is 18.7 Å². The number of morpholine rings is 1. The molecule has 0 spiro atoms. The fourth-order valence-corrected chi connectivity index (χ4v) is 4.04. The van der Waals surface area contributed by atoms with Crippen molar-refractivity contribution in [3.8, 4) is 0 Å². The third-order valence-corrected chi connectivity index (χ3v) is 5.54. The van der Waals surface area contributed by atoms with Crippen LogP contribution in [0.4, 0.5) is 10.1 Å². The monoisotopic (exact) mass is 423 g/mol. The number of benzene rings is 2. The highest BCUT2D eigenvalue weighted by Crippen LogP contribution is 2.31. The summed E-state index contributed by atoms with van der Waals surface area (Å²) in [4.78, 5) is 30.0. The minimum absolute atomic E-state index is 0.226. The Hall–Kier alpha value is -3.03. The van der Waals surface area contributed by atoms with Gasteiger partial charge in [0.25, 0.3) is 11.8 Å². The standard InChI is InChI=1S/C24H26FN3O3/c1-16-13-17(2)15-20(14-16)26-22-21(18-3-5-19(25)6-4-18)23(29)28(24(22)30)8-7-27-9-11-31-12-10-27/h3-6,13-15,26H,7-12H2,1-2H3. The topological polar surface area (TPSA) is 61.9 Å². The molecular weight excluding hydrogens is 397 g/mol. The summed E-state index contributed by atoms with van der Waals surface area (Å²) < 4.78 is 18.8. The molecule has 0 radical (unpaired) electrons. The normalized spacial score (nSPS) is 17.6. The number of carbonyl (C=O) groups is 2. The van der Waals surface area contributed by atoms with Crippen molar-refractivity contribution in [1.82, 2.24) is 9.80 Å². The summed E-state index contributed by atoms with van der Waals surface area (Å²) in [6.07, 6.45) is 0. The SMILES string of the molecule is Cc1cc(C)cc(NC2=C(c3ccc(F)cc3)C(=O)N(CCN3CCOCC3)C2=O)c1. The van der Waals surface area contributed by atoms with Crippen LogP contribution in [0.1, 0.15) is 16.7 Å². The first-order valence-corrected chi connectivity index (χ1v) is 10.4. The highest BCUT2D eigenvalue weighted by atomic mass is 19.1. The highest BCUT2D eigenvalue weighted by Gasteiger charge is 2.39. The zero-order valence-electron chi connectivity index (χ0n) is 17.8. The van der Waals surface area contributed by atoms with Crippen LogP contribution in [-0.4, -0.2) is 61.0 Å². The summed E-state index contributed by atoms with van der Waals surface area (Å²) in [6.45, 7) is 7.70. The van der Waals surface area contributed by atoms with E-state index in [-0.39, 0.29) is 23.1 Å². The molecule has 1 N–H and O–H groups in total. The van der Waals surface area contributed by atoms with Gasteiger partial charge < -0.3 is 10.1 Å². The first-order valence-electron chi connectivity index (χ1n) is 10.4. The Kier molecular flexibility index (Phi) is 6.15. The molecule has 0 atom stereocenters. The van der Waals surface area contributed by atoms with E-state index in [9.17, 15) is 14.0 Å². The van der Waals surface area contributed by atoms with Crippen molar-refractivity contribution in [2.24, 2.45) is 0 Å². The summed E-state index contributed by atoms with van der Waals surface area (Å²) in [7, 11) is 0. The van der Waals surface area contributed by atoms with Gasteiger partial charge >= 0.3 is 0 Å². The van der Waals surface area contributed by atoms with Crippen LogP contribution in [0, 0.1) is 19.7 Å². The van der Waals surface area contributed by atoms with Crippen molar-refractivity contribution in [2.75, 3.05) is 44.7 Å². The van der Waals surface area contributed by atoms with Gasteiger partial charge in [-0.3, -0.25) is 19.4 Å². The lowest BCUT2D eigenvalue weighted by molar-refractivity contribution is -0.137. The molecule has 1 saturated heterocycles. The molecule has 1 fully saturated rings. The largest absolute Gasteiger partial charge is 0.379 e. The molecule has 31 heavy (non-hydrogen) atoms. The second-order valence-corrected chi connectivity index (χ2v) is 7.97. The molecule has 2 aliphatic rings. The number of nitrogens with one attached hydrogen (secondary N) is 1. The van der Waals surface area contributed by atoms with E-state index in [0.29, 0.717) is 31.9 Å². The maximum Gasteiger partial charge on any atom is 0.278 e. The number of hydrogen-bond acceptors (Lipinski definition) is 5. The molecule has 0 bridgehead atoms. The molecule has 0 aromatic heterocycles. The van der Waals surface area contributed by atoms with Gasteiger partial charge in [0, 0.05) is 31.9 Å². The van der Waals surface area contributed by atoms with E-state index in [1.807, 2.05) is 32.0 Å². The van der Waals surface area contributed by atoms with E-state index in [2.05, 4.69) is 10.2 Å². The van der Waals surface area contributed by atoms with Crippen LogP contribution in [0.25, 0.3) is 5.57 Å². The number of imide groups is 1. The van der Waals surface area contributed by atoms with Crippen LogP contribution in [0.5, 0.6) is 0 Å². The van der Waals surface area contributed by atoms with Crippen LogP contribution in [0.15, 0.2) is 48.2 Å². The van der Waals surface area contributed by atoms with Gasteiger partial charge in [-0.1, -0.05) is 18.2 Å². The van der Waals surface area contributed by atoms with Gasteiger partial charge in [0.1, 0.15) is 11.5 Å². The number of anilines is 1. The van der Waals surface area contributed by atoms with Crippen LogP contribution < -0.4 is 5.32 Å². The maximum absolute atomic E-state index is 13.5. The Balaban J connectivity index is 1.64.